The van der Waals surface area contributed by atoms with Crippen molar-refractivity contribution < 1.29 is 0 Å². The fourth-order valence-corrected chi connectivity index (χ4v) is 9.07. The molecule has 0 aliphatic rings. The predicted molar refractivity (Wildman–Crippen MR) is 256 cm³/mol. The Balaban J connectivity index is 1.12. The van der Waals surface area contributed by atoms with Gasteiger partial charge in [0, 0.05) is 38.4 Å². The third kappa shape index (κ3) is 5.98. The van der Waals surface area contributed by atoms with Crippen LogP contribution in [0, 0.1) is 0 Å². The highest BCUT2D eigenvalue weighted by Gasteiger charge is 2.23. The second-order valence-corrected chi connectivity index (χ2v) is 15.7. The first kappa shape index (κ1) is 35.5. The number of nitrogens with zero attached hydrogens (tertiary/aromatic N) is 5. The average Bonchev–Trinajstić information content (AvgIpc) is 3.88. The van der Waals surface area contributed by atoms with E-state index in [4.69, 9.17) is 15.0 Å². The molecule has 0 unspecified atom stereocenters. The van der Waals surface area contributed by atoms with Gasteiger partial charge < -0.3 is 4.57 Å². The molecule has 0 N–H and O–H groups in total. The van der Waals surface area contributed by atoms with E-state index in [1.54, 1.807) is 0 Å². The Hall–Kier alpha value is -8.41. The van der Waals surface area contributed by atoms with Gasteiger partial charge in [0.05, 0.1) is 22.1 Å². The number of benzene rings is 9. The van der Waals surface area contributed by atoms with Gasteiger partial charge >= 0.3 is 0 Å². The molecule has 62 heavy (non-hydrogen) atoms. The van der Waals surface area contributed by atoms with E-state index in [2.05, 4.69) is 209 Å². The molecule has 3 aromatic heterocycles. The van der Waals surface area contributed by atoms with Crippen LogP contribution in [-0.2, 0) is 0 Å². The van der Waals surface area contributed by atoms with Crippen LogP contribution in [0.5, 0.6) is 0 Å². The zero-order chi connectivity index (χ0) is 41.0. The van der Waals surface area contributed by atoms with E-state index in [1.807, 2.05) is 24.3 Å². The molecular weight excluding hydrogens is 755 g/mol. The van der Waals surface area contributed by atoms with Crippen molar-refractivity contribution in [2.24, 2.45) is 0 Å². The molecule has 0 saturated heterocycles. The lowest BCUT2D eigenvalue weighted by molar-refractivity contribution is 0.953. The largest absolute Gasteiger partial charge is 0.307 e. The smallest absolute Gasteiger partial charge is 0.238 e. The zero-order valence-corrected chi connectivity index (χ0v) is 33.6. The summed E-state index contributed by atoms with van der Waals surface area (Å²) in [5.74, 6) is 1.78. The van der Waals surface area contributed by atoms with Gasteiger partial charge in [-0.25, -0.2) is 4.98 Å². The maximum atomic E-state index is 5.38. The lowest BCUT2D eigenvalue weighted by Crippen LogP contribution is -2.07. The fraction of sp³-hybridized carbons (Fsp3) is 0. The van der Waals surface area contributed by atoms with Crippen LogP contribution < -0.4 is 0 Å². The summed E-state index contributed by atoms with van der Waals surface area (Å²) in [7, 11) is 0. The molecule has 5 nitrogen and oxygen atoms in total. The van der Waals surface area contributed by atoms with Gasteiger partial charge in [-0.15, -0.1) is 0 Å². The molecule has 3 heterocycles. The highest BCUT2D eigenvalue weighted by atomic mass is 15.2. The summed E-state index contributed by atoms with van der Waals surface area (Å²) >= 11 is 0. The molecule has 0 fully saturated rings. The van der Waals surface area contributed by atoms with Crippen LogP contribution in [0.15, 0.2) is 224 Å². The van der Waals surface area contributed by atoms with Crippen LogP contribution in [0.25, 0.3) is 111 Å². The monoisotopic (exact) mass is 791 g/mol. The minimum atomic E-state index is 0.557. The summed E-state index contributed by atoms with van der Waals surface area (Å²) in [5.41, 5.74) is 14.1. The second kappa shape index (κ2) is 14.7. The first-order valence-electron chi connectivity index (χ1n) is 20.9. The first-order chi connectivity index (χ1) is 30.7. The maximum Gasteiger partial charge on any atom is 0.238 e. The van der Waals surface area contributed by atoms with Gasteiger partial charge in [-0.3, -0.25) is 4.57 Å². The minimum Gasteiger partial charge on any atom is -0.307 e. The molecule has 0 aliphatic carbocycles. The zero-order valence-electron chi connectivity index (χ0n) is 33.6. The third-order valence-corrected chi connectivity index (χ3v) is 12.0. The van der Waals surface area contributed by atoms with Gasteiger partial charge in [-0.1, -0.05) is 194 Å². The van der Waals surface area contributed by atoms with Crippen LogP contribution in [0.3, 0.4) is 0 Å². The van der Waals surface area contributed by atoms with E-state index in [-0.39, 0.29) is 0 Å². The third-order valence-electron chi connectivity index (χ3n) is 12.0. The van der Waals surface area contributed by atoms with E-state index in [0.29, 0.717) is 17.6 Å². The minimum absolute atomic E-state index is 0.557. The van der Waals surface area contributed by atoms with Crippen LogP contribution in [0.2, 0.25) is 0 Å². The molecule has 5 heteroatoms. The van der Waals surface area contributed by atoms with Crippen LogP contribution >= 0.6 is 0 Å². The van der Waals surface area contributed by atoms with Gasteiger partial charge in [0.1, 0.15) is 0 Å². The Morgan fingerprint density at radius 2 is 0.677 bits per heavy atom. The van der Waals surface area contributed by atoms with Crippen molar-refractivity contribution in [3.8, 4) is 67.8 Å². The Morgan fingerprint density at radius 1 is 0.258 bits per heavy atom. The Labute approximate surface area is 358 Å². The number of rotatable bonds is 7. The molecule has 9 aromatic carbocycles. The first-order valence-corrected chi connectivity index (χ1v) is 20.9. The molecule has 0 radical (unpaired) electrons. The van der Waals surface area contributed by atoms with E-state index >= 15 is 0 Å². The van der Waals surface area contributed by atoms with Gasteiger partial charge in [-0.05, 0) is 63.7 Å². The second-order valence-electron chi connectivity index (χ2n) is 15.7. The molecule has 290 valence electrons. The number of aromatic nitrogens is 5. The SMILES string of the molecule is c1ccc(-c2ccc(-c3cccc(-n4c5ccccc5c5ccc6c7ccccc7n(-c7nc(-c8ccccc8)nc(-c8cccc(-c9ccccc9)c8)n7)c6c54)c3)cc2)cc1. The quantitative estimate of drug-likeness (QED) is 0.162. The maximum absolute atomic E-state index is 5.38. The van der Waals surface area contributed by atoms with Crippen molar-refractivity contribution in [1.82, 2.24) is 24.1 Å². The topological polar surface area (TPSA) is 48.5 Å². The number of fused-ring (bicyclic) bond motifs is 7. The standard InChI is InChI=1S/C57H37N5/c1-4-16-38(17-5-1)40-30-32-41(33-31-40)44-23-15-25-46(37-44)61-51-28-12-10-26-47(51)49-34-35-50-48-27-11-13-29-52(48)62(54(50)53(49)61)57-59-55(42-20-8-3-9-21-42)58-56(60-57)45-24-14-22-43(36-45)39-18-6-2-7-19-39/h1-37H. The van der Waals surface area contributed by atoms with Crippen molar-refractivity contribution >= 4 is 43.6 Å². The molecule has 0 atom stereocenters. The summed E-state index contributed by atoms with van der Waals surface area (Å²) in [6, 6.07) is 79.3. The number of hydrogen-bond donors (Lipinski definition) is 0. The Bertz CT molecular complexity index is 3610. The Kier molecular flexibility index (Phi) is 8.42. The van der Waals surface area contributed by atoms with Crippen LogP contribution in [0.1, 0.15) is 0 Å². The van der Waals surface area contributed by atoms with Gasteiger partial charge in [0.2, 0.25) is 5.95 Å². The molecular formula is C57H37N5. The number of hydrogen-bond acceptors (Lipinski definition) is 3. The van der Waals surface area contributed by atoms with Crippen molar-refractivity contribution in [3.05, 3.63) is 224 Å². The fourth-order valence-electron chi connectivity index (χ4n) is 9.07. The predicted octanol–water partition coefficient (Wildman–Crippen LogP) is 14.4. The van der Waals surface area contributed by atoms with Crippen LogP contribution in [-0.4, -0.2) is 24.1 Å². The van der Waals surface area contributed by atoms with E-state index < -0.39 is 0 Å². The molecule has 0 spiro atoms. The molecule has 12 aromatic rings. The van der Waals surface area contributed by atoms with Crippen molar-refractivity contribution in [2.45, 2.75) is 0 Å². The summed E-state index contributed by atoms with van der Waals surface area (Å²) in [4.78, 5) is 15.9. The summed E-state index contributed by atoms with van der Waals surface area (Å²) in [5, 5.41) is 4.59. The Morgan fingerprint density at radius 3 is 1.31 bits per heavy atom. The lowest BCUT2D eigenvalue weighted by Gasteiger charge is -2.14. The van der Waals surface area contributed by atoms with Crippen molar-refractivity contribution in [1.29, 1.82) is 0 Å². The van der Waals surface area contributed by atoms with Gasteiger partial charge in [-0.2, -0.15) is 9.97 Å². The van der Waals surface area contributed by atoms with Crippen molar-refractivity contribution in [3.63, 3.8) is 0 Å². The average molecular weight is 792 g/mol. The number of para-hydroxylation sites is 2. The van der Waals surface area contributed by atoms with Gasteiger partial charge in [0.15, 0.2) is 11.6 Å². The van der Waals surface area contributed by atoms with E-state index in [0.717, 1.165) is 77.3 Å². The normalized spacial score (nSPS) is 11.5. The van der Waals surface area contributed by atoms with Gasteiger partial charge in [0.25, 0.3) is 0 Å². The van der Waals surface area contributed by atoms with E-state index in [9.17, 15) is 0 Å². The highest BCUT2D eigenvalue weighted by Crippen LogP contribution is 2.42. The molecule has 0 saturated carbocycles. The summed E-state index contributed by atoms with van der Waals surface area (Å²) in [6.07, 6.45) is 0. The summed E-state index contributed by atoms with van der Waals surface area (Å²) in [6.45, 7) is 0. The molecule has 0 aliphatic heterocycles. The van der Waals surface area contributed by atoms with Crippen LogP contribution in [0.4, 0.5) is 0 Å². The lowest BCUT2D eigenvalue weighted by atomic mass is 10.00. The molecule has 0 amide bonds. The van der Waals surface area contributed by atoms with E-state index in [1.165, 1.54) is 16.5 Å². The summed E-state index contributed by atoms with van der Waals surface area (Å²) < 4.78 is 4.68. The molecule has 12 rings (SSSR count). The van der Waals surface area contributed by atoms with Crippen molar-refractivity contribution in [2.75, 3.05) is 0 Å². The highest BCUT2D eigenvalue weighted by molar-refractivity contribution is 6.23. The molecule has 0 bridgehead atoms.